The molecule has 0 aliphatic carbocycles. The molecule has 418 valence electrons. The number of carbonyl (C=O) groups excluding carboxylic acids is 7. The second-order valence-corrected chi connectivity index (χ2v) is 19.5. The van der Waals surface area contributed by atoms with Gasteiger partial charge in [-0.15, -0.1) is 0 Å². The molecule has 7 rings (SSSR count). The number of likely N-dealkylation sites (tertiary alicyclic amines) is 1. The van der Waals surface area contributed by atoms with Crippen LogP contribution in [0.3, 0.4) is 0 Å². The summed E-state index contributed by atoms with van der Waals surface area (Å²) in [7, 11) is 7.72. The number of nitrogens with zero attached hydrogens (tertiary/aromatic N) is 2. The third-order valence-electron chi connectivity index (χ3n) is 14.6. The number of piperidine rings is 2. The Balaban J connectivity index is 0.903. The van der Waals surface area contributed by atoms with E-state index in [1.54, 1.807) is 61.6 Å². The summed E-state index contributed by atoms with van der Waals surface area (Å²) >= 11 is 0. The summed E-state index contributed by atoms with van der Waals surface area (Å²) in [6.07, 6.45) is 8.07. The maximum absolute atomic E-state index is 14.6. The van der Waals surface area contributed by atoms with Gasteiger partial charge in [-0.25, -0.2) is 4.79 Å². The van der Waals surface area contributed by atoms with E-state index >= 15 is 0 Å². The lowest BCUT2D eigenvalue weighted by Crippen LogP contribution is -2.54. The first kappa shape index (κ1) is 57.9. The number of amides is 6. The Bertz CT molecular complexity index is 2780. The number of ether oxygens (including phenoxy) is 7. The number of fused-ring (bicyclic) bond motifs is 1. The smallest absolute Gasteiger partial charge is 0.329 e. The molecule has 0 radical (unpaired) electrons. The van der Waals surface area contributed by atoms with Crippen LogP contribution in [0.15, 0.2) is 72.8 Å². The van der Waals surface area contributed by atoms with E-state index in [2.05, 4.69) is 16.0 Å². The Morgan fingerprint density at radius 3 is 2.09 bits per heavy atom. The number of aryl methyl sites for hydroxylation is 1. The lowest BCUT2D eigenvalue weighted by molar-refractivity contribution is -0.162. The molecule has 6 amide bonds. The van der Waals surface area contributed by atoms with Gasteiger partial charge in [0.2, 0.25) is 23.5 Å². The molecule has 19 heteroatoms. The summed E-state index contributed by atoms with van der Waals surface area (Å²) in [5, 5.41) is 8.50. The predicted molar refractivity (Wildman–Crippen MR) is 289 cm³/mol. The molecule has 0 aromatic heterocycles. The van der Waals surface area contributed by atoms with Crippen molar-refractivity contribution in [2.45, 2.75) is 121 Å². The first-order valence-electron chi connectivity index (χ1n) is 26.9. The molecule has 0 saturated carbocycles. The van der Waals surface area contributed by atoms with E-state index in [0.717, 1.165) is 61.8 Å². The minimum atomic E-state index is -1.01. The minimum absolute atomic E-state index is 0.0623. The van der Waals surface area contributed by atoms with E-state index in [0.29, 0.717) is 96.6 Å². The maximum Gasteiger partial charge on any atom is 0.329 e. The molecule has 3 aliphatic rings. The molecule has 78 heavy (non-hydrogen) atoms. The number of esters is 1. The van der Waals surface area contributed by atoms with Crippen LogP contribution in [0.5, 0.6) is 34.5 Å². The van der Waals surface area contributed by atoms with Crippen molar-refractivity contribution in [1.29, 1.82) is 0 Å². The minimum Gasteiger partial charge on any atom is -0.493 e. The lowest BCUT2D eigenvalue weighted by Gasteiger charge is -2.37. The Labute approximate surface area is 455 Å². The Morgan fingerprint density at radius 2 is 1.40 bits per heavy atom. The summed E-state index contributed by atoms with van der Waals surface area (Å²) in [5.74, 6) is -0.936. The quantitative estimate of drug-likeness (QED) is 0.0279. The molecule has 19 nitrogen and oxygen atoms in total. The normalized spacial score (nSPS) is 16.8. The van der Waals surface area contributed by atoms with Crippen LogP contribution in [-0.4, -0.2) is 125 Å². The van der Waals surface area contributed by atoms with Gasteiger partial charge in [0.05, 0.1) is 52.6 Å². The van der Waals surface area contributed by atoms with Gasteiger partial charge in [0.25, 0.3) is 17.7 Å². The van der Waals surface area contributed by atoms with Gasteiger partial charge in [-0.2, -0.15) is 0 Å². The number of imide groups is 2. The first-order chi connectivity index (χ1) is 37.8. The molecule has 3 aliphatic heterocycles. The summed E-state index contributed by atoms with van der Waals surface area (Å²) in [6.45, 7) is 3.20. The van der Waals surface area contributed by atoms with Gasteiger partial charge in [0.15, 0.2) is 29.6 Å². The van der Waals surface area contributed by atoms with Crippen LogP contribution in [0.1, 0.15) is 140 Å². The molecule has 4 atom stereocenters. The van der Waals surface area contributed by atoms with E-state index < -0.39 is 53.7 Å². The number of hydrogen-bond donors (Lipinski definition) is 3. The number of carbonyl (C=O) groups is 7. The maximum atomic E-state index is 14.6. The van der Waals surface area contributed by atoms with Crippen molar-refractivity contribution in [3.05, 3.63) is 101 Å². The number of rotatable bonds is 28. The van der Waals surface area contributed by atoms with Gasteiger partial charge in [0, 0.05) is 37.3 Å². The average molecular weight is 1080 g/mol. The monoisotopic (exact) mass is 1080 g/mol. The van der Waals surface area contributed by atoms with Gasteiger partial charge in [-0.1, -0.05) is 56.9 Å². The largest absolute Gasteiger partial charge is 0.493 e. The van der Waals surface area contributed by atoms with Crippen molar-refractivity contribution in [3.63, 3.8) is 0 Å². The standard InChI is InChI=1S/C59H73N5O14/c1-7-40(38-33-50(74-4)54(76-6)51(34-38)75-5)56(68)63-31-17-14-19-45(63)59(71)78-47(26-21-37-22-27-48(72-2)49(32-37)73-3)42-18-12-13-20-46(42)77-36-53(66)61-30-16-11-9-8-10-15-29-60-39-23-24-41-43(35-39)58(70)64(57(41)69)44-25-28-52(65)62-55(44)67/h12-13,18,20,22-24,27,32-35,40,44-45,47,60H,7-11,14-17,19,21,25-26,28-31,36H2,1-6H3,(H,61,66)(H,62,65,67)/t40?,44?,45-,47?/m0/s1. The third-order valence-corrected chi connectivity index (χ3v) is 14.6. The van der Waals surface area contributed by atoms with E-state index in [4.69, 9.17) is 33.2 Å². The van der Waals surface area contributed by atoms with Crippen molar-refractivity contribution < 1.29 is 66.7 Å². The fraction of sp³-hybridized carbons (Fsp3) is 0.475. The zero-order valence-electron chi connectivity index (χ0n) is 45.6. The number of benzene rings is 4. The van der Waals surface area contributed by atoms with Crippen molar-refractivity contribution in [2.24, 2.45) is 0 Å². The molecule has 4 aromatic rings. The first-order valence-corrected chi connectivity index (χ1v) is 26.9. The van der Waals surface area contributed by atoms with Gasteiger partial charge < -0.3 is 48.7 Å². The number of unbranched alkanes of at least 4 members (excludes halogenated alkanes) is 5. The van der Waals surface area contributed by atoms with Gasteiger partial charge in [-0.05, 0) is 117 Å². The van der Waals surface area contributed by atoms with E-state index in [-0.39, 0.29) is 42.4 Å². The van der Waals surface area contributed by atoms with E-state index in [9.17, 15) is 33.6 Å². The third kappa shape index (κ3) is 14.0. The molecule has 2 fully saturated rings. The lowest BCUT2D eigenvalue weighted by atomic mass is 9.91. The number of methoxy groups -OCH3 is 5. The van der Waals surface area contributed by atoms with Crippen LogP contribution in [0.2, 0.25) is 0 Å². The van der Waals surface area contributed by atoms with Gasteiger partial charge in [-0.3, -0.25) is 39.0 Å². The van der Waals surface area contributed by atoms with Gasteiger partial charge >= 0.3 is 5.97 Å². The highest BCUT2D eigenvalue weighted by molar-refractivity contribution is 6.23. The fourth-order valence-electron chi connectivity index (χ4n) is 10.4. The van der Waals surface area contributed by atoms with Crippen LogP contribution in [0, 0.1) is 0 Å². The Morgan fingerprint density at radius 1 is 0.705 bits per heavy atom. The second kappa shape index (κ2) is 28.0. The van der Waals surface area contributed by atoms with Crippen LogP contribution in [0.4, 0.5) is 5.69 Å². The molecule has 4 aromatic carbocycles. The molecule has 3 unspecified atom stereocenters. The topological polar surface area (TPSA) is 227 Å². The van der Waals surface area contributed by atoms with Crippen molar-refractivity contribution in [1.82, 2.24) is 20.4 Å². The highest BCUT2D eigenvalue weighted by Gasteiger charge is 2.45. The number of nitrogens with one attached hydrogen (secondary N) is 3. The van der Waals surface area contributed by atoms with Crippen LogP contribution < -0.4 is 44.4 Å². The molecular formula is C59H73N5O14. The summed E-state index contributed by atoms with van der Waals surface area (Å²) < 4.78 is 40.4. The average Bonchev–Trinajstić information content (AvgIpc) is 3.77. The molecule has 3 heterocycles. The summed E-state index contributed by atoms with van der Waals surface area (Å²) in [5.41, 5.74) is 3.36. The SMILES string of the molecule is CCC(C(=O)N1CCCC[C@H]1C(=O)OC(CCc1ccc(OC)c(OC)c1)c1ccccc1OCC(=O)NCCCCCCCCNc1ccc2c(c1)C(=O)N(C1CCC(=O)NC1=O)C2=O)c1cc(OC)c(OC)c(OC)c1. The van der Waals surface area contributed by atoms with Crippen LogP contribution in [0.25, 0.3) is 0 Å². The fourth-order valence-corrected chi connectivity index (χ4v) is 10.4. The van der Waals surface area contributed by atoms with Crippen molar-refractivity contribution >= 4 is 47.1 Å². The molecule has 0 spiro atoms. The van der Waals surface area contributed by atoms with Crippen LogP contribution >= 0.6 is 0 Å². The molecular weight excluding hydrogens is 1000 g/mol. The molecule has 2 saturated heterocycles. The summed E-state index contributed by atoms with van der Waals surface area (Å²) in [6, 6.07) is 19.5. The Kier molecular flexibility index (Phi) is 20.8. The Hall–Kier alpha value is -7.83. The van der Waals surface area contributed by atoms with E-state index in [1.165, 1.54) is 21.3 Å². The van der Waals surface area contributed by atoms with E-state index in [1.807, 2.05) is 37.3 Å². The molecule has 0 bridgehead atoms. The summed E-state index contributed by atoms with van der Waals surface area (Å²) in [4.78, 5) is 95.1. The zero-order chi connectivity index (χ0) is 55.7. The predicted octanol–water partition coefficient (Wildman–Crippen LogP) is 7.87. The van der Waals surface area contributed by atoms with Crippen molar-refractivity contribution in [2.75, 3.05) is 67.1 Å². The number of anilines is 1. The number of hydrogen-bond acceptors (Lipinski definition) is 15. The van der Waals surface area contributed by atoms with Crippen LogP contribution in [-0.2, 0) is 35.1 Å². The molecule has 3 N–H and O–H groups in total. The van der Waals surface area contributed by atoms with Crippen molar-refractivity contribution in [3.8, 4) is 34.5 Å². The second-order valence-electron chi connectivity index (χ2n) is 19.5. The number of para-hydroxylation sites is 1. The van der Waals surface area contributed by atoms with Gasteiger partial charge in [0.1, 0.15) is 23.9 Å². The highest BCUT2D eigenvalue weighted by Crippen LogP contribution is 2.42. The zero-order valence-corrected chi connectivity index (χ0v) is 45.6. The highest BCUT2D eigenvalue weighted by atomic mass is 16.6.